The zero-order chi connectivity index (χ0) is 17.6. The number of carbonyl (C=O) groups is 1. The van der Waals surface area contributed by atoms with Crippen molar-refractivity contribution in [3.8, 4) is 0 Å². The average Bonchev–Trinajstić information content (AvgIpc) is 2.59. The Balaban J connectivity index is 1.76. The van der Waals surface area contributed by atoms with Gasteiger partial charge in [-0.2, -0.15) is 0 Å². The summed E-state index contributed by atoms with van der Waals surface area (Å²) < 4.78 is 5.39. The van der Waals surface area contributed by atoms with Gasteiger partial charge in [0.1, 0.15) is 0 Å². The molecule has 1 aliphatic rings. The Kier molecular flexibility index (Phi) is 7.04. The van der Waals surface area contributed by atoms with Crippen molar-refractivity contribution in [3.63, 3.8) is 0 Å². The summed E-state index contributed by atoms with van der Waals surface area (Å²) in [4.78, 5) is 14.5. The smallest absolute Gasteiger partial charge is 0.234 e. The highest BCUT2D eigenvalue weighted by Crippen LogP contribution is 2.21. The summed E-state index contributed by atoms with van der Waals surface area (Å²) in [6, 6.07) is 7.71. The standard InChI is InChI=1S/C18H28ClN3O2/c1-14(15-6-4-5-7-16(15)19)20-12-17(23)21-13-18(2,3)22-8-10-24-11-9-22/h4-7,14,20H,8-13H2,1-3H3,(H,21,23). The van der Waals surface area contributed by atoms with Gasteiger partial charge in [0, 0.05) is 36.2 Å². The second-order valence-electron chi connectivity index (χ2n) is 6.81. The van der Waals surface area contributed by atoms with E-state index in [1.54, 1.807) is 0 Å². The van der Waals surface area contributed by atoms with Crippen LogP contribution in [0.1, 0.15) is 32.4 Å². The highest BCUT2D eigenvalue weighted by atomic mass is 35.5. The van der Waals surface area contributed by atoms with Crippen LogP contribution in [0.3, 0.4) is 0 Å². The Hall–Kier alpha value is -1.14. The van der Waals surface area contributed by atoms with E-state index >= 15 is 0 Å². The third-order valence-corrected chi connectivity index (χ3v) is 4.87. The van der Waals surface area contributed by atoms with Crippen LogP contribution in [0.2, 0.25) is 5.02 Å². The molecule has 134 valence electrons. The molecule has 0 bridgehead atoms. The van der Waals surface area contributed by atoms with Crippen LogP contribution in [0.15, 0.2) is 24.3 Å². The number of morpholine rings is 1. The largest absolute Gasteiger partial charge is 0.379 e. The summed E-state index contributed by atoms with van der Waals surface area (Å²) in [5.74, 6) is -0.00441. The molecule has 1 aliphatic heterocycles. The Morgan fingerprint density at radius 3 is 2.67 bits per heavy atom. The van der Waals surface area contributed by atoms with Gasteiger partial charge in [0.2, 0.25) is 5.91 Å². The van der Waals surface area contributed by atoms with Crippen molar-refractivity contribution < 1.29 is 9.53 Å². The lowest BCUT2D eigenvalue weighted by Crippen LogP contribution is -2.56. The second-order valence-corrected chi connectivity index (χ2v) is 7.22. The van der Waals surface area contributed by atoms with Gasteiger partial charge in [-0.05, 0) is 32.4 Å². The van der Waals surface area contributed by atoms with Gasteiger partial charge in [0.15, 0.2) is 0 Å². The molecule has 1 aromatic carbocycles. The van der Waals surface area contributed by atoms with E-state index in [4.69, 9.17) is 16.3 Å². The molecule has 1 unspecified atom stereocenters. The fraction of sp³-hybridized carbons (Fsp3) is 0.611. The zero-order valence-electron chi connectivity index (χ0n) is 14.8. The molecule has 0 spiro atoms. The molecule has 1 amide bonds. The topological polar surface area (TPSA) is 53.6 Å². The number of rotatable bonds is 7. The molecule has 1 atom stereocenters. The van der Waals surface area contributed by atoms with Gasteiger partial charge in [-0.3, -0.25) is 9.69 Å². The number of nitrogens with zero attached hydrogens (tertiary/aromatic N) is 1. The maximum atomic E-state index is 12.1. The van der Waals surface area contributed by atoms with Crippen molar-refractivity contribution in [2.75, 3.05) is 39.4 Å². The number of carbonyl (C=O) groups excluding carboxylic acids is 1. The van der Waals surface area contributed by atoms with E-state index in [2.05, 4.69) is 29.4 Å². The molecule has 1 heterocycles. The van der Waals surface area contributed by atoms with E-state index in [0.717, 1.165) is 31.9 Å². The summed E-state index contributed by atoms with van der Waals surface area (Å²) in [5.41, 5.74) is 0.925. The summed E-state index contributed by atoms with van der Waals surface area (Å²) in [7, 11) is 0. The number of ether oxygens (including phenoxy) is 1. The predicted octanol–water partition coefficient (Wildman–Crippen LogP) is 2.22. The minimum Gasteiger partial charge on any atom is -0.379 e. The van der Waals surface area contributed by atoms with E-state index in [0.29, 0.717) is 11.6 Å². The van der Waals surface area contributed by atoms with E-state index in [9.17, 15) is 4.79 Å². The number of halogens is 1. The third kappa shape index (κ3) is 5.45. The fourth-order valence-electron chi connectivity index (χ4n) is 2.84. The number of amides is 1. The molecule has 1 saturated heterocycles. The number of nitrogens with one attached hydrogen (secondary N) is 2. The van der Waals surface area contributed by atoms with Crippen LogP contribution in [-0.2, 0) is 9.53 Å². The van der Waals surface area contributed by atoms with Gasteiger partial charge >= 0.3 is 0 Å². The lowest BCUT2D eigenvalue weighted by molar-refractivity contribution is -0.121. The van der Waals surface area contributed by atoms with Gasteiger partial charge in [0.05, 0.1) is 19.8 Å². The van der Waals surface area contributed by atoms with E-state index in [1.807, 2.05) is 31.2 Å². The Bertz CT molecular complexity index is 545. The third-order valence-electron chi connectivity index (χ3n) is 4.53. The summed E-state index contributed by atoms with van der Waals surface area (Å²) in [5, 5.41) is 6.96. The fourth-order valence-corrected chi connectivity index (χ4v) is 3.14. The summed E-state index contributed by atoms with van der Waals surface area (Å²) in [6.07, 6.45) is 0. The number of hydrogen-bond acceptors (Lipinski definition) is 4. The molecular formula is C18H28ClN3O2. The SMILES string of the molecule is CC(NCC(=O)NCC(C)(C)N1CCOCC1)c1ccccc1Cl. The number of hydrogen-bond donors (Lipinski definition) is 2. The van der Waals surface area contributed by atoms with Crippen molar-refractivity contribution in [3.05, 3.63) is 34.9 Å². The maximum absolute atomic E-state index is 12.1. The van der Waals surface area contributed by atoms with E-state index in [1.165, 1.54) is 0 Å². The lowest BCUT2D eigenvalue weighted by atomic mass is 10.0. The first-order chi connectivity index (χ1) is 11.4. The van der Waals surface area contributed by atoms with Crippen molar-refractivity contribution in [2.45, 2.75) is 32.4 Å². The summed E-state index contributed by atoms with van der Waals surface area (Å²) in [6.45, 7) is 10.5. The molecule has 0 aliphatic carbocycles. The molecule has 1 aromatic rings. The van der Waals surface area contributed by atoms with Crippen molar-refractivity contribution in [1.82, 2.24) is 15.5 Å². The molecule has 1 fully saturated rings. The Labute approximate surface area is 149 Å². The monoisotopic (exact) mass is 353 g/mol. The molecule has 24 heavy (non-hydrogen) atoms. The van der Waals surface area contributed by atoms with Gasteiger partial charge < -0.3 is 15.4 Å². The molecule has 0 saturated carbocycles. The van der Waals surface area contributed by atoms with E-state index in [-0.39, 0.29) is 24.0 Å². The van der Waals surface area contributed by atoms with Crippen molar-refractivity contribution >= 4 is 17.5 Å². The highest BCUT2D eigenvalue weighted by molar-refractivity contribution is 6.31. The first kappa shape index (κ1) is 19.2. The Morgan fingerprint density at radius 1 is 1.33 bits per heavy atom. The summed E-state index contributed by atoms with van der Waals surface area (Å²) >= 11 is 6.19. The van der Waals surface area contributed by atoms with Crippen LogP contribution in [0.5, 0.6) is 0 Å². The van der Waals surface area contributed by atoms with Gasteiger partial charge in [-0.1, -0.05) is 29.8 Å². The molecule has 0 radical (unpaired) electrons. The number of benzene rings is 1. The molecule has 0 aromatic heterocycles. The van der Waals surface area contributed by atoms with Crippen LogP contribution in [-0.4, -0.2) is 55.7 Å². The average molecular weight is 354 g/mol. The molecule has 5 nitrogen and oxygen atoms in total. The van der Waals surface area contributed by atoms with Crippen LogP contribution in [0.4, 0.5) is 0 Å². The van der Waals surface area contributed by atoms with E-state index < -0.39 is 0 Å². The zero-order valence-corrected chi connectivity index (χ0v) is 15.5. The van der Waals surface area contributed by atoms with Crippen molar-refractivity contribution in [1.29, 1.82) is 0 Å². The minimum atomic E-state index is -0.0756. The molecule has 2 rings (SSSR count). The molecule has 2 N–H and O–H groups in total. The normalized spacial score (nSPS) is 17.5. The van der Waals surface area contributed by atoms with Crippen LogP contribution < -0.4 is 10.6 Å². The van der Waals surface area contributed by atoms with Gasteiger partial charge in [0.25, 0.3) is 0 Å². The maximum Gasteiger partial charge on any atom is 0.234 e. The molecular weight excluding hydrogens is 326 g/mol. The molecule has 6 heteroatoms. The highest BCUT2D eigenvalue weighted by Gasteiger charge is 2.28. The first-order valence-electron chi connectivity index (χ1n) is 8.47. The van der Waals surface area contributed by atoms with Gasteiger partial charge in [-0.25, -0.2) is 0 Å². The first-order valence-corrected chi connectivity index (χ1v) is 8.85. The van der Waals surface area contributed by atoms with Crippen molar-refractivity contribution in [2.24, 2.45) is 0 Å². The van der Waals surface area contributed by atoms with Crippen LogP contribution in [0, 0.1) is 0 Å². The minimum absolute atomic E-state index is 0.00441. The Morgan fingerprint density at radius 2 is 2.00 bits per heavy atom. The quantitative estimate of drug-likeness (QED) is 0.789. The lowest BCUT2D eigenvalue weighted by Gasteiger charge is -2.40. The predicted molar refractivity (Wildman–Crippen MR) is 97.4 cm³/mol. The van der Waals surface area contributed by atoms with Crippen LogP contribution in [0.25, 0.3) is 0 Å². The second kappa shape index (κ2) is 8.81. The van der Waals surface area contributed by atoms with Gasteiger partial charge in [-0.15, -0.1) is 0 Å². The van der Waals surface area contributed by atoms with Crippen LogP contribution >= 0.6 is 11.6 Å².